The van der Waals surface area contributed by atoms with Gasteiger partial charge in [0, 0.05) is 23.8 Å². The average molecular weight is 417 g/mol. The molecule has 0 saturated carbocycles. The highest BCUT2D eigenvalue weighted by Gasteiger charge is 2.30. The summed E-state index contributed by atoms with van der Waals surface area (Å²) in [6.07, 6.45) is 1.66. The largest absolute Gasteiger partial charge is 0.496 e. The molecule has 1 aliphatic heterocycles. The van der Waals surface area contributed by atoms with E-state index in [2.05, 4.69) is 0 Å². The molecule has 0 amide bonds. The highest BCUT2D eigenvalue weighted by molar-refractivity contribution is 6.15. The lowest BCUT2D eigenvalue weighted by Gasteiger charge is -2.09. The molecule has 0 aromatic heterocycles. The third-order valence-electron chi connectivity index (χ3n) is 4.92. The number of allylic oxidation sites excluding steroid dienone is 1. The summed E-state index contributed by atoms with van der Waals surface area (Å²) < 4.78 is 17.0. The molecule has 7 heteroatoms. The number of ketones is 1. The number of hydrogen-bond acceptors (Lipinski definition) is 6. The number of carbonyl (C=O) groups is 1. The number of carbonyl (C=O) groups excluding carboxylic acids is 1. The van der Waals surface area contributed by atoms with Gasteiger partial charge < -0.3 is 14.2 Å². The van der Waals surface area contributed by atoms with Gasteiger partial charge in [-0.05, 0) is 48.4 Å². The second kappa shape index (κ2) is 8.31. The lowest BCUT2D eigenvalue weighted by Crippen LogP contribution is -2.00. The van der Waals surface area contributed by atoms with Crippen LogP contribution in [0.15, 0.2) is 66.4 Å². The van der Waals surface area contributed by atoms with Crippen molar-refractivity contribution in [1.29, 1.82) is 0 Å². The maximum atomic E-state index is 12.9. The highest BCUT2D eigenvalue weighted by Crippen LogP contribution is 2.38. The standard InChI is InChI=1S/C24H19NO6/c1-15-11-19(30-14-16-7-9-18(10-8-16)25(27)28)13-21-23(15)24(26)22(31-21)12-17-5-3-4-6-20(17)29-2/h3-13H,14H2,1-2H3/b22-12-. The third kappa shape index (κ3) is 4.11. The van der Waals surface area contributed by atoms with Gasteiger partial charge in [0.25, 0.3) is 5.69 Å². The van der Waals surface area contributed by atoms with Crippen LogP contribution in [-0.4, -0.2) is 17.8 Å². The Hall–Kier alpha value is -4.13. The first-order chi connectivity index (χ1) is 15.0. The van der Waals surface area contributed by atoms with Crippen LogP contribution < -0.4 is 14.2 Å². The molecule has 0 spiro atoms. The monoisotopic (exact) mass is 417 g/mol. The summed E-state index contributed by atoms with van der Waals surface area (Å²) in [5.74, 6) is 1.65. The number of rotatable bonds is 6. The molecule has 0 atom stereocenters. The van der Waals surface area contributed by atoms with Crippen LogP contribution in [0.1, 0.15) is 27.0 Å². The maximum Gasteiger partial charge on any atom is 0.269 e. The van der Waals surface area contributed by atoms with Crippen molar-refractivity contribution in [2.24, 2.45) is 0 Å². The first-order valence-corrected chi connectivity index (χ1v) is 9.54. The Kier molecular flexibility index (Phi) is 5.41. The van der Waals surface area contributed by atoms with Crippen molar-refractivity contribution < 1.29 is 23.9 Å². The number of methoxy groups -OCH3 is 1. The zero-order valence-corrected chi connectivity index (χ0v) is 17.0. The molecular formula is C24H19NO6. The minimum atomic E-state index is -0.445. The Morgan fingerprint density at radius 3 is 2.55 bits per heavy atom. The highest BCUT2D eigenvalue weighted by atomic mass is 16.6. The van der Waals surface area contributed by atoms with Crippen LogP contribution in [0.2, 0.25) is 0 Å². The number of non-ortho nitro benzene ring substituents is 1. The van der Waals surface area contributed by atoms with Gasteiger partial charge in [0.2, 0.25) is 5.78 Å². The van der Waals surface area contributed by atoms with Gasteiger partial charge in [-0.15, -0.1) is 0 Å². The fourth-order valence-electron chi connectivity index (χ4n) is 3.37. The molecule has 0 bridgehead atoms. The Morgan fingerprint density at radius 1 is 1.10 bits per heavy atom. The van der Waals surface area contributed by atoms with Crippen molar-refractivity contribution in [1.82, 2.24) is 0 Å². The molecule has 156 valence electrons. The smallest absolute Gasteiger partial charge is 0.269 e. The second-order valence-corrected chi connectivity index (χ2v) is 7.01. The Morgan fingerprint density at radius 2 is 1.84 bits per heavy atom. The molecule has 0 aliphatic carbocycles. The summed E-state index contributed by atoms with van der Waals surface area (Å²) >= 11 is 0. The van der Waals surface area contributed by atoms with E-state index in [0.717, 1.165) is 16.7 Å². The fourth-order valence-corrected chi connectivity index (χ4v) is 3.37. The summed E-state index contributed by atoms with van der Waals surface area (Å²) in [4.78, 5) is 23.2. The van der Waals surface area contributed by atoms with Crippen LogP contribution in [0, 0.1) is 17.0 Å². The molecule has 31 heavy (non-hydrogen) atoms. The fraction of sp³-hybridized carbons (Fsp3) is 0.125. The lowest BCUT2D eigenvalue weighted by molar-refractivity contribution is -0.384. The predicted octanol–water partition coefficient (Wildman–Crippen LogP) is 5.11. The SMILES string of the molecule is COc1ccccc1/C=C1\Oc2cc(OCc3ccc([N+](=O)[O-])cc3)cc(C)c2C1=O. The number of fused-ring (bicyclic) bond motifs is 1. The van der Waals surface area contributed by atoms with E-state index in [9.17, 15) is 14.9 Å². The number of para-hydroxylation sites is 1. The molecule has 3 aromatic rings. The number of nitrogens with zero attached hydrogens (tertiary/aromatic N) is 1. The second-order valence-electron chi connectivity index (χ2n) is 7.01. The van der Waals surface area contributed by atoms with E-state index in [1.165, 1.54) is 12.1 Å². The van der Waals surface area contributed by atoms with Crippen LogP contribution >= 0.6 is 0 Å². The first-order valence-electron chi connectivity index (χ1n) is 9.54. The first kappa shape index (κ1) is 20.2. The molecule has 0 saturated heterocycles. The number of Topliss-reactive ketones (excluding diaryl/α,β-unsaturated/α-hetero) is 1. The van der Waals surface area contributed by atoms with Crippen molar-refractivity contribution in [2.45, 2.75) is 13.5 Å². The minimum absolute atomic E-state index is 0.0263. The summed E-state index contributed by atoms with van der Waals surface area (Å²) in [6, 6.07) is 17.0. The Balaban J connectivity index is 1.54. The molecule has 4 rings (SSSR count). The summed E-state index contributed by atoms with van der Waals surface area (Å²) in [7, 11) is 1.57. The van der Waals surface area contributed by atoms with Crippen LogP contribution in [-0.2, 0) is 6.61 Å². The van der Waals surface area contributed by atoms with Gasteiger partial charge in [-0.2, -0.15) is 0 Å². The third-order valence-corrected chi connectivity index (χ3v) is 4.92. The average Bonchev–Trinajstić information content (AvgIpc) is 3.08. The summed E-state index contributed by atoms with van der Waals surface area (Å²) in [5, 5.41) is 10.8. The van der Waals surface area contributed by atoms with Crippen molar-refractivity contribution in [2.75, 3.05) is 7.11 Å². The van der Waals surface area contributed by atoms with E-state index < -0.39 is 4.92 Å². The number of ether oxygens (including phenoxy) is 3. The quantitative estimate of drug-likeness (QED) is 0.315. The number of nitro groups is 1. The molecular weight excluding hydrogens is 398 g/mol. The van der Waals surface area contributed by atoms with Gasteiger partial charge in [0.1, 0.15) is 23.9 Å². The van der Waals surface area contributed by atoms with E-state index in [1.54, 1.807) is 37.5 Å². The summed E-state index contributed by atoms with van der Waals surface area (Å²) in [6.45, 7) is 2.05. The van der Waals surface area contributed by atoms with Crippen LogP contribution in [0.3, 0.4) is 0 Å². The lowest BCUT2D eigenvalue weighted by atomic mass is 10.0. The predicted molar refractivity (Wildman–Crippen MR) is 115 cm³/mol. The number of nitro benzene ring substituents is 1. The normalized spacial score (nSPS) is 13.6. The van der Waals surface area contributed by atoms with Crippen molar-refractivity contribution in [3.05, 3.63) is 98.8 Å². The van der Waals surface area contributed by atoms with Crippen molar-refractivity contribution >= 4 is 17.5 Å². The zero-order valence-electron chi connectivity index (χ0n) is 17.0. The number of hydrogen-bond donors (Lipinski definition) is 0. The Labute approximate surface area is 178 Å². The Bertz CT molecular complexity index is 1200. The molecule has 1 aliphatic rings. The van der Waals surface area contributed by atoms with Crippen molar-refractivity contribution in [3.8, 4) is 17.2 Å². The van der Waals surface area contributed by atoms with E-state index in [0.29, 0.717) is 22.8 Å². The van der Waals surface area contributed by atoms with E-state index in [4.69, 9.17) is 14.2 Å². The molecule has 0 unspecified atom stereocenters. The molecule has 0 fully saturated rings. The van der Waals surface area contributed by atoms with Crippen molar-refractivity contribution in [3.63, 3.8) is 0 Å². The molecule has 7 nitrogen and oxygen atoms in total. The zero-order chi connectivity index (χ0) is 22.0. The van der Waals surface area contributed by atoms with E-state index in [-0.39, 0.29) is 23.8 Å². The summed E-state index contributed by atoms with van der Waals surface area (Å²) in [5.41, 5.74) is 2.80. The van der Waals surface area contributed by atoms with Crippen LogP contribution in [0.25, 0.3) is 6.08 Å². The maximum absolute atomic E-state index is 12.9. The molecule has 0 radical (unpaired) electrons. The van der Waals surface area contributed by atoms with Gasteiger partial charge in [-0.1, -0.05) is 18.2 Å². The van der Waals surface area contributed by atoms with Gasteiger partial charge >= 0.3 is 0 Å². The van der Waals surface area contributed by atoms with Gasteiger partial charge in [-0.3, -0.25) is 14.9 Å². The molecule has 0 N–H and O–H groups in total. The molecule has 3 aromatic carbocycles. The van der Waals surface area contributed by atoms with Crippen LogP contribution in [0.4, 0.5) is 5.69 Å². The number of benzene rings is 3. The number of aryl methyl sites for hydroxylation is 1. The minimum Gasteiger partial charge on any atom is -0.496 e. The van der Waals surface area contributed by atoms with Gasteiger partial charge in [0.15, 0.2) is 5.76 Å². The van der Waals surface area contributed by atoms with Gasteiger partial charge in [-0.25, -0.2) is 0 Å². The molecule has 1 heterocycles. The van der Waals surface area contributed by atoms with Gasteiger partial charge in [0.05, 0.1) is 17.6 Å². The van der Waals surface area contributed by atoms with Crippen LogP contribution in [0.5, 0.6) is 17.2 Å². The van der Waals surface area contributed by atoms with E-state index in [1.807, 2.05) is 31.2 Å². The topological polar surface area (TPSA) is 87.9 Å². The van der Waals surface area contributed by atoms with E-state index >= 15 is 0 Å².